The fourth-order valence-corrected chi connectivity index (χ4v) is 4.32. The van der Waals surface area contributed by atoms with Gasteiger partial charge >= 0.3 is 0 Å². The van der Waals surface area contributed by atoms with E-state index in [2.05, 4.69) is 43.9 Å². The number of allylic oxidation sites excluding steroid dienone is 2. The summed E-state index contributed by atoms with van der Waals surface area (Å²) in [5.74, 6) is 2.95. The van der Waals surface area contributed by atoms with Gasteiger partial charge in [0, 0.05) is 0 Å². The van der Waals surface area contributed by atoms with Crippen molar-refractivity contribution in [2.24, 2.45) is 28.7 Å². The summed E-state index contributed by atoms with van der Waals surface area (Å²) in [6, 6.07) is 0. The van der Waals surface area contributed by atoms with Gasteiger partial charge in [0.15, 0.2) is 0 Å². The van der Waals surface area contributed by atoms with Crippen LogP contribution >= 0.6 is 12.2 Å². The number of isothiocyanates is 1. The van der Waals surface area contributed by atoms with Gasteiger partial charge in [-0.2, -0.15) is 0 Å². The first-order chi connectivity index (χ1) is 8.48. The van der Waals surface area contributed by atoms with Crippen LogP contribution in [0.2, 0.25) is 0 Å². The highest BCUT2D eigenvalue weighted by Gasteiger charge is 2.47. The van der Waals surface area contributed by atoms with E-state index in [4.69, 9.17) is 12.2 Å². The minimum Gasteiger partial charge on any atom is -0.226 e. The molecule has 0 aromatic rings. The molecule has 0 radical (unpaired) electrons. The van der Waals surface area contributed by atoms with Crippen molar-refractivity contribution in [1.29, 1.82) is 0 Å². The number of nitrogens with zero attached hydrogens (tertiary/aromatic N) is 1. The van der Waals surface area contributed by atoms with Crippen molar-refractivity contribution in [2.45, 2.75) is 58.9 Å². The zero-order chi connectivity index (χ0) is 13.3. The van der Waals surface area contributed by atoms with Crippen molar-refractivity contribution in [3.63, 3.8) is 0 Å². The fraction of sp³-hybridized carbons (Fsp3) is 0.812. The summed E-state index contributed by atoms with van der Waals surface area (Å²) in [5, 5.41) is 2.65. The smallest absolute Gasteiger partial charge is 0.0716 e. The fourth-order valence-electron chi connectivity index (χ4n) is 4.11. The van der Waals surface area contributed by atoms with E-state index in [0.29, 0.717) is 11.8 Å². The van der Waals surface area contributed by atoms with Crippen LogP contribution in [0.15, 0.2) is 16.6 Å². The van der Waals surface area contributed by atoms with E-state index in [9.17, 15) is 0 Å². The van der Waals surface area contributed by atoms with Crippen LogP contribution in [0, 0.1) is 23.7 Å². The van der Waals surface area contributed by atoms with E-state index in [1.807, 2.05) is 0 Å². The molecule has 2 heteroatoms. The Balaban J connectivity index is 2.34. The molecular formula is C16H25NS. The summed E-state index contributed by atoms with van der Waals surface area (Å²) in [5.41, 5.74) is 1.60. The SMILES string of the molecule is CC1=CC2C(CC1)[C@](C)(N=C=S)CC[C@@H]2C(C)C. The lowest BCUT2D eigenvalue weighted by molar-refractivity contribution is 0.0685. The molecule has 0 aromatic heterocycles. The molecule has 100 valence electrons. The lowest BCUT2D eigenvalue weighted by Gasteiger charge is -2.49. The molecule has 0 bridgehead atoms. The van der Waals surface area contributed by atoms with Crippen LogP contribution in [0.5, 0.6) is 0 Å². The standard InChI is InChI=1S/C16H25NS/c1-11(2)13-7-8-16(4,17-10-18)15-6-5-12(3)9-14(13)15/h9,11,13-15H,5-8H2,1-4H3/t13-,14?,15?,16-/m1/s1. The molecule has 0 heterocycles. The maximum absolute atomic E-state index is 4.87. The molecule has 18 heavy (non-hydrogen) atoms. The Bertz CT molecular complexity index is 392. The van der Waals surface area contributed by atoms with Gasteiger partial charge in [0.2, 0.25) is 0 Å². The van der Waals surface area contributed by atoms with Crippen LogP contribution in [0.3, 0.4) is 0 Å². The second kappa shape index (κ2) is 5.27. The van der Waals surface area contributed by atoms with Gasteiger partial charge in [-0.15, -0.1) is 0 Å². The Kier molecular flexibility index (Phi) is 4.08. The second-order valence-electron chi connectivity index (χ2n) is 6.74. The van der Waals surface area contributed by atoms with Crippen molar-refractivity contribution < 1.29 is 0 Å². The molecule has 1 fully saturated rings. The first-order valence-electron chi connectivity index (χ1n) is 7.24. The third-order valence-electron chi connectivity index (χ3n) is 5.23. The first kappa shape index (κ1) is 14.0. The number of hydrogen-bond acceptors (Lipinski definition) is 2. The van der Waals surface area contributed by atoms with E-state index in [1.54, 1.807) is 5.57 Å². The molecule has 0 aromatic carbocycles. The first-order valence-corrected chi connectivity index (χ1v) is 7.65. The lowest BCUT2D eigenvalue weighted by Crippen LogP contribution is -2.47. The summed E-state index contributed by atoms with van der Waals surface area (Å²) in [4.78, 5) is 4.55. The van der Waals surface area contributed by atoms with Gasteiger partial charge in [-0.3, -0.25) is 0 Å². The molecule has 2 unspecified atom stereocenters. The quantitative estimate of drug-likeness (QED) is 0.393. The van der Waals surface area contributed by atoms with Gasteiger partial charge in [0.25, 0.3) is 0 Å². The van der Waals surface area contributed by atoms with Crippen molar-refractivity contribution in [2.75, 3.05) is 0 Å². The van der Waals surface area contributed by atoms with Gasteiger partial charge in [0.1, 0.15) is 0 Å². The largest absolute Gasteiger partial charge is 0.226 e. The Morgan fingerprint density at radius 3 is 2.78 bits per heavy atom. The van der Waals surface area contributed by atoms with E-state index < -0.39 is 0 Å². The monoisotopic (exact) mass is 263 g/mol. The maximum atomic E-state index is 4.87. The molecule has 4 atom stereocenters. The summed E-state index contributed by atoms with van der Waals surface area (Å²) in [6.45, 7) is 9.30. The Hall–Kier alpha value is -0.460. The zero-order valence-corrected chi connectivity index (χ0v) is 12.9. The van der Waals surface area contributed by atoms with Gasteiger partial charge in [-0.25, -0.2) is 4.99 Å². The van der Waals surface area contributed by atoms with Gasteiger partial charge in [-0.1, -0.05) is 25.5 Å². The van der Waals surface area contributed by atoms with Crippen molar-refractivity contribution in [3.8, 4) is 0 Å². The molecule has 2 rings (SSSR count). The molecule has 1 nitrogen and oxygen atoms in total. The highest BCUT2D eigenvalue weighted by molar-refractivity contribution is 7.78. The van der Waals surface area contributed by atoms with Gasteiger partial charge in [-0.05, 0) is 75.4 Å². The van der Waals surface area contributed by atoms with Gasteiger partial charge in [0.05, 0.1) is 10.7 Å². The third kappa shape index (κ3) is 2.46. The molecule has 1 saturated carbocycles. The zero-order valence-electron chi connectivity index (χ0n) is 12.1. The van der Waals surface area contributed by atoms with Crippen LogP contribution in [0.1, 0.15) is 53.4 Å². The molecular weight excluding hydrogens is 238 g/mol. The summed E-state index contributed by atoms with van der Waals surface area (Å²) in [7, 11) is 0. The highest BCUT2D eigenvalue weighted by atomic mass is 32.1. The highest BCUT2D eigenvalue weighted by Crippen LogP contribution is 2.51. The maximum Gasteiger partial charge on any atom is 0.0716 e. The minimum absolute atomic E-state index is 0.0367. The molecule has 0 amide bonds. The van der Waals surface area contributed by atoms with E-state index in [1.165, 1.54) is 25.7 Å². The summed E-state index contributed by atoms with van der Waals surface area (Å²) >= 11 is 4.87. The van der Waals surface area contributed by atoms with E-state index in [-0.39, 0.29) is 5.54 Å². The van der Waals surface area contributed by atoms with E-state index in [0.717, 1.165) is 11.8 Å². The average molecular weight is 263 g/mol. The lowest BCUT2D eigenvalue weighted by atomic mass is 9.57. The van der Waals surface area contributed by atoms with Crippen molar-refractivity contribution in [3.05, 3.63) is 11.6 Å². The molecule has 0 saturated heterocycles. The molecule has 2 aliphatic carbocycles. The number of fused-ring (bicyclic) bond motifs is 1. The number of rotatable bonds is 2. The Morgan fingerprint density at radius 2 is 2.17 bits per heavy atom. The normalized spacial score (nSPS) is 39.8. The molecule has 0 spiro atoms. The molecule has 0 N–H and O–H groups in total. The third-order valence-corrected chi connectivity index (χ3v) is 5.32. The van der Waals surface area contributed by atoms with Gasteiger partial charge < -0.3 is 0 Å². The number of hydrogen-bond donors (Lipinski definition) is 0. The molecule has 0 aliphatic heterocycles. The van der Waals surface area contributed by atoms with Crippen LogP contribution in [0.25, 0.3) is 0 Å². The predicted octanol–water partition coefficient (Wildman–Crippen LogP) is 4.89. The summed E-state index contributed by atoms with van der Waals surface area (Å²) in [6.07, 6.45) is 7.49. The van der Waals surface area contributed by atoms with Crippen molar-refractivity contribution in [1.82, 2.24) is 0 Å². The van der Waals surface area contributed by atoms with Crippen LogP contribution < -0.4 is 0 Å². The average Bonchev–Trinajstić information content (AvgIpc) is 2.28. The second-order valence-corrected chi connectivity index (χ2v) is 6.92. The number of aliphatic imine (C=N–C) groups is 1. The Morgan fingerprint density at radius 1 is 1.44 bits per heavy atom. The topological polar surface area (TPSA) is 12.4 Å². The summed E-state index contributed by atoms with van der Waals surface area (Å²) < 4.78 is 0. The number of thiocarbonyl (C=S) groups is 1. The van der Waals surface area contributed by atoms with E-state index >= 15 is 0 Å². The van der Waals surface area contributed by atoms with Crippen LogP contribution in [0.4, 0.5) is 0 Å². The minimum atomic E-state index is 0.0367. The predicted molar refractivity (Wildman–Crippen MR) is 81.0 cm³/mol. The van der Waals surface area contributed by atoms with Crippen LogP contribution in [-0.4, -0.2) is 10.7 Å². The van der Waals surface area contributed by atoms with Crippen LogP contribution in [-0.2, 0) is 0 Å². The molecule has 2 aliphatic rings. The van der Waals surface area contributed by atoms with Crippen molar-refractivity contribution >= 4 is 17.4 Å². The Labute approximate surface area is 117 Å².